The van der Waals surface area contributed by atoms with Crippen LogP contribution in [0.3, 0.4) is 0 Å². The van der Waals surface area contributed by atoms with Crippen LogP contribution in [0.4, 0.5) is 14.9 Å². The van der Waals surface area contributed by atoms with Gasteiger partial charge in [0.05, 0.1) is 13.0 Å². The molecule has 0 aliphatic carbocycles. The predicted octanol–water partition coefficient (Wildman–Crippen LogP) is 4.47. The van der Waals surface area contributed by atoms with Crippen LogP contribution in [0.2, 0.25) is 0 Å². The van der Waals surface area contributed by atoms with Crippen LogP contribution in [0.15, 0.2) is 72.8 Å². The first-order valence-corrected chi connectivity index (χ1v) is 10.3. The molecule has 0 atom stereocenters. The molecule has 0 bridgehead atoms. The van der Waals surface area contributed by atoms with E-state index in [2.05, 4.69) is 10.6 Å². The molecule has 33 heavy (non-hydrogen) atoms. The molecule has 2 amide bonds. The van der Waals surface area contributed by atoms with Crippen molar-refractivity contribution in [3.63, 3.8) is 0 Å². The first kappa shape index (κ1) is 23.5. The van der Waals surface area contributed by atoms with E-state index in [1.165, 1.54) is 36.4 Å². The summed E-state index contributed by atoms with van der Waals surface area (Å²) in [6.45, 7) is 2.13. The molecule has 3 aromatic carbocycles. The van der Waals surface area contributed by atoms with Crippen LogP contribution in [0.25, 0.3) is 0 Å². The molecule has 0 saturated carbocycles. The molecular formula is C25H23FN2O5. The summed E-state index contributed by atoms with van der Waals surface area (Å²) in [5.41, 5.74) is 2.49. The van der Waals surface area contributed by atoms with E-state index in [0.717, 1.165) is 5.56 Å². The van der Waals surface area contributed by atoms with E-state index in [1.54, 1.807) is 37.3 Å². The van der Waals surface area contributed by atoms with Gasteiger partial charge in [0.1, 0.15) is 11.6 Å². The Morgan fingerprint density at radius 2 is 1.64 bits per heavy atom. The minimum Gasteiger partial charge on any atom is -0.434 e. The van der Waals surface area contributed by atoms with E-state index in [-0.39, 0.29) is 43.0 Å². The van der Waals surface area contributed by atoms with Crippen molar-refractivity contribution >= 4 is 23.7 Å². The molecule has 0 radical (unpaired) electrons. The zero-order valence-electron chi connectivity index (χ0n) is 18.0. The number of nitrogens with one attached hydrogen (secondary N) is 2. The Morgan fingerprint density at radius 3 is 2.33 bits per heavy atom. The summed E-state index contributed by atoms with van der Waals surface area (Å²) in [7, 11) is 0. The van der Waals surface area contributed by atoms with Crippen LogP contribution in [0, 0.1) is 5.82 Å². The van der Waals surface area contributed by atoms with Crippen LogP contribution in [-0.4, -0.2) is 24.6 Å². The molecule has 0 saturated heterocycles. The van der Waals surface area contributed by atoms with Gasteiger partial charge in [0.2, 0.25) is 5.91 Å². The van der Waals surface area contributed by atoms with Crippen molar-refractivity contribution in [3.05, 3.63) is 95.3 Å². The SMILES string of the molecule is CCOC(=O)Oc1ccc(C(=O)NCc2cccc(NC(=O)Cc3ccc(F)cc3)c2)cc1. The molecule has 0 fully saturated rings. The van der Waals surface area contributed by atoms with Crippen LogP contribution < -0.4 is 15.4 Å². The zero-order chi connectivity index (χ0) is 23.6. The van der Waals surface area contributed by atoms with Crippen molar-refractivity contribution in [1.29, 1.82) is 0 Å². The quantitative estimate of drug-likeness (QED) is 0.390. The van der Waals surface area contributed by atoms with E-state index in [1.807, 2.05) is 6.07 Å². The van der Waals surface area contributed by atoms with E-state index in [9.17, 15) is 18.8 Å². The van der Waals surface area contributed by atoms with Gasteiger partial charge in [-0.2, -0.15) is 0 Å². The molecule has 0 heterocycles. The molecule has 170 valence electrons. The Labute approximate surface area is 190 Å². The highest BCUT2D eigenvalue weighted by molar-refractivity contribution is 5.94. The van der Waals surface area contributed by atoms with Gasteiger partial charge in [-0.25, -0.2) is 9.18 Å². The van der Waals surface area contributed by atoms with Gasteiger partial charge in [-0.05, 0) is 66.6 Å². The Kier molecular flexibility index (Phi) is 8.13. The molecule has 0 aromatic heterocycles. The fourth-order valence-corrected chi connectivity index (χ4v) is 2.95. The summed E-state index contributed by atoms with van der Waals surface area (Å²) in [4.78, 5) is 36.0. The maximum atomic E-state index is 13.0. The molecule has 7 nitrogen and oxygen atoms in total. The summed E-state index contributed by atoms with van der Waals surface area (Å²) in [6.07, 6.45) is -0.684. The van der Waals surface area contributed by atoms with Gasteiger partial charge in [-0.1, -0.05) is 24.3 Å². The Hall–Kier alpha value is -4.20. The van der Waals surface area contributed by atoms with E-state index >= 15 is 0 Å². The highest BCUT2D eigenvalue weighted by Crippen LogP contribution is 2.15. The number of amides is 2. The van der Waals surface area contributed by atoms with Crippen LogP contribution >= 0.6 is 0 Å². The van der Waals surface area contributed by atoms with Gasteiger partial charge in [0, 0.05) is 17.8 Å². The van der Waals surface area contributed by atoms with Gasteiger partial charge in [-0.15, -0.1) is 0 Å². The largest absolute Gasteiger partial charge is 0.513 e. The molecule has 3 rings (SSSR count). The van der Waals surface area contributed by atoms with E-state index in [0.29, 0.717) is 16.8 Å². The highest BCUT2D eigenvalue weighted by Gasteiger charge is 2.09. The van der Waals surface area contributed by atoms with Gasteiger partial charge in [0.25, 0.3) is 5.91 Å². The summed E-state index contributed by atoms with van der Waals surface area (Å²) in [5.74, 6) is -0.611. The number of carbonyl (C=O) groups is 3. The number of halogens is 1. The third-order valence-electron chi connectivity index (χ3n) is 4.52. The van der Waals surface area contributed by atoms with Crippen molar-refractivity contribution in [2.45, 2.75) is 19.9 Å². The van der Waals surface area contributed by atoms with Crippen LogP contribution in [0.5, 0.6) is 5.75 Å². The minimum atomic E-state index is -0.806. The fraction of sp³-hybridized carbons (Fsp3) is 0.160. The standard InChI is InChI=1S/C25H23FN2O5/c1-2-32-25(31)33-22-12-8-19(9-13-22)24(30)27-16-18-4-3-5-21(14-18)28-23(29)15-17-6-10-20(26)11-7-17/h3-14H,2,15-16H2,1H3,(H,27,30)(H,28,29). The van der Waals surface area contributed by atoms with Gasteiger partial charge < -0.3 is 20.1 Å². The predicted molar refractivity (Wildman–Crippen MR) is 120 cm³/mol. The number of carbonyl (C=O) groups excluding carboxylic acids is 3. The Morgan fingerprint density at radius 1 is 0.909 bits per heavy atom. The highest BCUT2D eigenvalue weighted by atomic mass is 19.1. The topological polar surface area (TPSA) is 93.7 Å². The van der Waals surface area contributed by atoms with E-state index in [4.69, 9.17) is 9.47 Å². The maximum absolute atomic E-state index is 13.0. The Balaban J connectivity index is 1.51. The number of hydrogen-bond acceptors (Lipinski definition) is 5. The monoisotopic (exact) mass is 450 g/mol. The molecule has 8 heteroatoms. The summed E-state index contributed by atoms with van der Waals surface area (Å²) in [6, 6.07) is 18.9. The number of rotatable bonds is 8. The van der Waals surface area contributed by atoms with Crippen molar-refractivity contribution in [2.75, 3.05) is 11.9 Å². The van der Waals surface area contributed by atoms with Gasteiger partial charge >= 0.3 is 6.16 Å². The molecular weight excluding hydrogens is 427 g/mol. The van der Waals surface area contributed by atoms with Crippen molar-refractivity contribution in [2.24, 2.45) is 0 Å². The number of anilines is 1. The normalized spacial score (nSPS) is 10.2. The lowest BCUT2D eigenvalue weighted by Gasteiger charge is -2.09. The minimum absolute atomic E-state index is 0.122. The van der Waals surface area contributed by atoms with Gasteiger partial charge in [0.15, 0.2) is 0 Å². The smallest absolute Gasteiger partial charge is 0.434 e. The Bertz CT molecular complexity index is 1110. The first-order chi connectivity index (χ1) is 15.9. The maximum Gasteiger partial charge on any atom is 0.513 e. The summed E-state index contributed by atoms with van der Waals surface area (Å²) >= 11 is 0. The molecule has 0 spiro atoms. The fourth-order valence-electron chi connectivity index (χ4n) is 2.95. The lowest BCUT2D eigenvalue weighted by molar-refractivity contribution is -0.115. The summed E-state index contributed by atoms with van der Waals surface area (Å²) < 4.78 is 22.6. The average Bonchev–Trinajstić information content (AvgIpc) is 2.80. The molecule has 0 aliphatic rings. The van der Waals surface area contributed by atoms with Gasteiger partial charge in [-0.3, -0.25) is 9.59 Å². The number of benzene rings is 3. The second kappa shape index (κ2) is 11.4. The number of ether oxygens (including phenoxy) is 2. The second-order valence-electron chi connectivity index (χ2n) is 7.04. The zero-order valence-corrected chi connectivity index (χ0v) is 18.0. The van der Waals surface area contributed by atoms with E-state index < -0.39 is 6.16 Å². The van der Waals surface area contributed by atoms with Crippen LogP contribution in [0.1, 0.15) is 28.4 Å². The van der Waals surface area contributed by atoms with Crippen LogP contribution in [-0.2, 0) is 22.5 Å². The third kappa shape index (κ3) is 7.46. The molecule has 2 N–H and O–H groups in total. The molecule has 0 aliphatic heterocycles. The average molecular weight is 450 g/mol. The lowest BCUT2D eigenvalue weighted by atomic mass is 10.1. The lowest BCUT2D eigenvalue weighted by Crippen LogP contribution is -2.23. The molecule has 0 unspecified atom stereocenters. The second-order valence-corrected chi connectivity index (χ2v) is 7.04. The summed E-state index contributed by atoms with van der Waals surface area (Å²) in [5, 5.41) is 5.60. The first-order valence-electron chi connectivity index (χ1n) is 10.3. The number of hydrogen-bond donors (Lipinski definition) is 2. The molecule has 3 aromatic rings. The van der Waals surface area contributed by atoms with Crippen molar-refractivity contribution in [3.8, 4) is 5.75 Å². The van der Waals surface area contributed by atoms with Crippen molar-refractivity contribution < 1.29 is 28.2 Å². The third-order valence-corrected chi connectivity index (χ3v) is 4.52. The van der Waals surface area contributed by atoms with Crippen molar-refractivity contribution in [1.82, 2.24) is 5.32 Å².